The first-order chi connectivity index (χ1) is 9.04. The SMILES string of the molecule is CCc1ccsc1C(=O)N1CCC(C(=O)O)C(C)C1. The van der Waals surface area contributed by atoms with Gasteiger partial charge in [-0.3, -0.25) is 9.59 Å². The van der Waals surface area contributed by atoms with Crippen LogP contribution >= 0.6 is 11.3 Å². The molecule has 1 aliphatic heterocycles. The Morgan fingerprint density at radius 3 is 2.84 bits per heavy atom. The standard InChI is InChI=1S/C14H19NO3S/c1-3-10-5-7-19-12(10)13(16)15-6-4-11(14(17)18)9(2)8-15/h5,7,9,11H,3-4,6,8H2,1-2H3,(H,17,18). The molecule has 0 aliphatic carbocycles. The molecular formula is C14H19NO3S. The number of hydrogen-bond acceptors (Lipinski definition) is 3. The molecule has 2 rings (SSSR count). The quantitative estimate of drug-likeness (QED) is 0.926. The van der Waals surface area contributed by atoms with Gasteiger partial charge >= 0.3 is 5.97 Å². The molecule has 1 saturated heterocycles. The van der Waals surface area contributed by atoms with Gasteiger partial charge in [0.2, 0.25) is 0 Å². The van der Waals surface area contributed by atoms with E-state index in [1.165, 1.54) is 11.3 Å². The third-order valence-corrected chi connectivity index (χ3v) is 4.78. The van der Waals surface area contributed by atoms with Gasteiger partial charge in [0.15, 0.2) is 0 Å². The summed E-state index contributed by atoms with van der Waals surface area (Å²) in [5.74, 6) is -0.995. The van der Waals surface area contributed by atoms with Crippen LogP contribution in [0, 0.1) is 11.8 Å². The van der Waals surface area contributed by atoms with Crippen molar-refractivity contribution in [1.82, 2.24) is 4.90 Å². The maximum Gasteiger partial charge on any atom is 0.306 e. The molecule has 19 heavy (non-hydrogen) atoms. The number of piperidine rings is 1. The van der Waals surface area contributed by atoms with Crippen molar-refractivity contribution < 1.29 is 14.7 Å². The van der Waals surface area contributed by atoms with E-state index in [0.29, 0.717) is 19.5 Å². The second kappa shape index (κ2) is 5.74. The number of rotatable bonds is 3. The molecule has 5 heteroatoms. The minimum absolute atomic E-state index is 0.0141. The molecule has 2 heterocycles. The molecule has 1 aliphatic rings. The molecular weight excluding hydrogens is 262 g/mol. The Hall–Kier alpha value is -1.36. The van der Waals surface area contributed by atoms with Crippen molar-refractivity contribution in [2.24, 2.45) is 11.8 Å². The Kier molecular flexibility index (Phi) is 4.24. The summed E-state index contributed by atoms with van der Waals surface area (Å²) in [7, 11) is 0. The number of thiophene rings is 1. The van der Waals surface area contributed by atoms with E-state index in [4.69, 9.17) is 5.11 Å². The van der Waals surface area contributed by atoms with E-state index in [9.17, 15) is 9.59 Å². The van der Waals surface area contributed by atoms with Crippen LogP contribution < -0.4 is 0 Å². The van der Waals surface area contributed by atoms with Crippen molar-refractivity contribution in [3.8, 4) is 0 Å². The van der Waals surface area contributed by atoms with Crippen LogP contribution in [0.25, 0.3) is 0 Å². The van der Waals surface area contributed by atoms with Gasteiger partial charge in [-0.25, -0.2) is 0 Å². The minimum Gasteiger partial charge on any atom is -0.481 e. The van der Waals surface area contributed by atoms with E-state index in [1.807, 2.05) is 25.3 Å². The van der Waals surface area contributed by atoms with Gasteiger partial charge in [-0.05, 0) is 35.8 Å². The van der Waals surface area contributed by atoms with Crippen molar-refractivity contribution in [2.75, 3.05) is 13.1 Å². The Bertz CT molecular complexity index is 483. The van der Waals surface area contributed by atoms with E-state index < -0.39 is 5.97 Å². The van der Waals surface area contributed by atoms with Crippen molar-refractivity contribution in [3.05, 3.63) is 21.9 Å². The van der Waals surface area contributed by atoms with Gasteiger partial charge in [0.05, 0.1) is 10.8 Å². The molecule has 1 amide bonds. The van der Waals surface area contributed by atoms with Crippen LogP contribution in [0.3, 0.4) is 0 Å². The molecule has 0 aromatic carbocycles. The molecule has 0 bridgehead atoms. The normalized spacial score (nSPS) is 23.4. The van der Waals surface area contributed by atoms with Gasteiger partial charge in [-0.1, -0.05) is 13.8 Å². The molecule has 0 spiro atoms. The highest BCUT2D eigenvalue weighted by molar-refractivity contribution is 7.12. The van der Waals surface area contributed by atoms with Crippen molar-refractivity contribution in [1.29, 1.82) is 0 Å². The summed E-state index contributed by atoms with van der Waals surface area (Å²) in [6.45, 7) is 5.03. The van der Waals surface area contributed by atoms with Crippen LogP contribution in [0.1, 0.15) is 35.5 Å². The lowest BCUT2D eigenvalue weighted by Gasteiger charge is -2.34. The smallest absolute Gasteiger partial charge is 0.306 e. The Labute approximate surface area is 117 Å². The Morgan fingerprint density at radius 1 is 1.53 bits per heavy atom. The number of hydrogen-bond donors (Lipinski definition) is 1. The highest BCUT2D eigenvalue weighted by Gasteiger charge is 2.33. The first-order valence-corrected chi connectivity index (χ1v) is 7.51. The molecule has 1 aromatic rings. The topological polar surface area (TPSA) is 57.6 Å². The minimum atomic E-state index is -0.745. The van der Waals surface area contributed by atoms with Gasteiger partial charge in [0.25, 0.3) is 5.91 Å². The fraction of sp³-hybridized carbons (Fsp3) is 0.571. The maximum atomic E-state index is 12.5. The zero-order valence-electron chi connectivity index (χ0n) is 11.3. The summed E-state index contributed by atoms with van der Waals surface area (Å²) in [6, 6.07) is 1.99. The average Bonchev–Trinajstić information content (AvgIpc) is 2.85. The number of carbonyl (C=O) groups excluding carboxylic acids is 1. The summed E-state index contributed by atoms with van der Waals surface area (Å²) in [6.07, 6.45) is 1.40. The lowest BCUT2D eigenvalue weighted by Crippen LogP contribution is -2.45. The van der Waals surface area contributed by atoms with Crippen LogP contribution in [0.4, 0.5) is 0 Å². The third-order valence-electron chi connectivity index (χ3n) is 3.83. The van der Waals surface area contributed by atoms with E-state index in [2.05, 4.69) is 0 Å². The molecule has 104 valence electrons. The number of carboxylic acid groups (broad SMARTS) is 1. The van der Waals surface area contributed by atoms with Gasteiger partial charge in [0, 0.05) is 13.1 Å². The number of carbonyl (C=O) groups is 2. The van der Waals surface area contributed by atoms with E-state index in [0.717, 1.165) is 16.9 Å². The number of nitrogens with zero attached hydrogens (tertiary/aromatic N) is 1. The van der Waals surface area contributed by atoms with Gasteiger partial charge in [-0.2, -0.15) is 0 Å². The monoisotopic (exact) mass is 281 g/mol. The summed E-state index contributed by atoms with van der Waals surface area (Å²) in [5.41, 5.74) is 1.09. The number of aryl methyl sites for hydroxylation is 1. The number of carboxylic acids is 1. The lowest BCUT2D eigenvalue weighted by molar-refractivity contribution is -0.145. The number of amides is 1. The zero-order valence-corrected chi connectivity index (χ0v) is 12.1. The predicted molar refractivity (Wildman–Crippen MR) is 74.5 cm³/mol. The molecule has 0 saturated carbocycles. The molecule has 4 nitrogen and oxygen atoms in total. The molecule has 1 N–H and O–H groups in total. The van der Waals surface area contributed by atoms with Crippen molar-refractivity contribution in [2.45, 2.75) is 26.7 Å². The van der Waals surface area contributed by atoms with E-state index in [-0.39, 0.29) is 17.7 Å². The third kappa shape index (κ3) is 2.81. The van der Waals surface area contributed by atoms with Crippen molar-refractivity contribution in [3.63, 3.8) is 0 Å². The largest absolute Gasteiger partial charge is 0.481 e. The first-order valence-electron chi connectivity index (χ1n) is 6.63. The van der Waals surface area contributed by atoms with Crippen LogP contribution in [-0.2, 0) is 11.2 Å². The Balaban J connectivity index is 2.08. The highest BCUT2D eigenvalue weighted by Crippen LogP contribution is 2.27. The zero-order chi connectivity index (χ0) is 14.0. The maximum absolute atomic E-state index is 12.5. The highest BCUT2D eigenvalue weighted by atomic mass is 32.1. The average molecular weight is 281 g/mol. The second-order valence-corrected chi connectivity index (χ2v) is 6.01. The molecule has 2 atom stereocenters. The van der Waals surface area contributed by atoms with E-state index >= 15 is 0 Å². The summed E-state index contributed by atoms with van der Waals surface area (Å²) >= 11 is 1.48. The second-order valence-electron chi connectivity index (χ2n) is 5.09. The summed E-state index contributed by atoms with van der Waals surface area (Å²) in [5, 5.41) is 11.0. The summed E-state index contributed by atoms with van der Waals surface area (Å²) in [4.78, 5) is 26.1. The van der Waals surface area contributed by atoms with Gasteiger partial charge in [-0.15, -0.1) is 11.3 Å². The van der Waals surface area contributed by atoms with Gasteiger partial charge in [0.1, 0.15) is 0 Å². The predicted octanol–water partition coefficient (Wildman–Crippen LogP) is 2.49. The van der Waals surface area contributed by atoms with Crippen LogP contribution in [0.5, 0.6) is 0 Å². The fourth-order valence-corrected chi connectivity index (χ4v) is 3.60. The van der Waals surface area contributed by atoms with Gasteiger partial charge < -0.3 is 10.0 Å². The van der Waals surface area contributed by atoms with Crippen LogP contribution in [0.2, 0.25) is 0 Å². The molecule has 1 fully saturated rings. The first kappa shape index (κ1) is 14.1. The van der Waals surface area contributed by atoms with Crippen LogP contribution in [0.15, 0.2) is 11.4 Å². The van der Waals surface area contributed by atoms with Crippen LogP contribution in [-0.4, -0.2) is 35.0 Å². The molecule has 0 radical (unpaired) electrons. The Morgan fingerprint density at radius 2 is 2.26 bits per heavy atom. The summed E-state index contributed by atoms with van der Waals surface area (Å²) < 4.78 is 0. The molecule has 1 aromatic heterocycles. The van der Waals surface area contributed by atoms with Crippen molar-refractivity contribution >= 4 is 23.2 Å². The van der Waals surface area contributed by atoms with E-state index in [1.54, 1.807) is 4.90 Å². The number of likely N-dealkylation sites (tertiary alicyclic amines) is 1. The molecule has 2 unspecified atom stereocenters. The lowest BCUT2D eigenvalue weighted by atomic mass is 9.87. The fourth-order valence-electron chi connectivity index (χ4n) is 2.64. The number of aliphatic carboxylic acids is 1.